The molecular formula is C77H86BN3Si. The molecule has 0 amide bonds. The van der Waals surface area contributed by atoms with Gasteiger partial charge in [0, 0.05) is 50.8 Å². The van der Waals surface area contributed by atoms with Crippen LogP contribution in [0.3, 0.4) is 0 Å². The van der Waals surface area contributed by atoms with E-state index in [1.807, 2.05) is 0 Å². The summed E-state index contributed by atoms with van der Waals surface area (Å²) in [6.07, 6.45) is 10.7. The predicted octanol–water partition coefficient (Wildman–Crippen LogP) is 18.7. The minimum atomic E-state index is -1.65. The minimum Gasteiger partial charge on any atom is -0.334 e. The van der Waals surface area contributed by atoms with Crippen molar-refractivity contribution in [1.82, 2.24) is 0 Å². The molecule has 5 heteroatoms. The third-order valence-electron chi connectivity index (χ3n) is 21.9. The van der Waals surface area contributed by atoms with E-state index in [2.05, 4.69) is 268 Å². The molecule has 8 aromatic rings. The number of aryl methyl sites for hydroxylation is 1. The SMILES string of the molecule is CC(C)(C)c1ccc(N2c3cc(-c4ccccc4)ccc3B3c4cc5c(cc4N(c4ccc6c(c4)CCCC6(C)C)c4cc(N6c7ccc([Si](C)(C)C)cc7C7(C)CCCCC67C)cc2c43)C(C)(C)CCC5(C)C)c(-c2ccccc2)c1. The van der Waals surface area contributed by atoms with Crippen LogP contribution < -0.4 is 36.3 Å². The zero-order valence-corrected chi connectivity index (χ0v) is 52.8. The Kier molecular flexibility index (Phi) is 11.9. The molecule has 416 valence electrons. The molecule has 3 aliphatic carbocycles. The molecular weight excluding hydrogens is 1010 g/mol. The Morgan fingerprint density at radius 2 is 1.07 bits per heavy atom. The first-order valence-electron chi connectivity index (χ1n) is 31.3. The van der Waals surface area contributed by atoms with Crippen molar-refractivity contribution in [3.05, 3.63) is 191 Å². The molecule has 82 heavy (non-hydrogen) atoms. The van der Waals surface area contributed by atoms with E-state index in [9.17, 15) is 0 Å². The normalized spacial score (nSPS) is 21.6. The summed E-state index contributed by atoms with van der Waals surface area (Å²) in [6.45, 7) is 34.9. The predicted molar refractivity (Wildman–Crippen MR) is 357 cm³/mol. The van der Waals surface area contributed by atoms with Gasteiger partial charge in [-0.2, -0.15) is 0 Å². The maximum Gasteiger partial charge on any atom is 0.252 e. The molecule has 2 atom stereocenters. The zero-order valence-electron chi connectivity index (χ0n) is 51.8. The molecule has 3 aliphatic heterocycles. The summed E-state index contributed by atoms with van der Waals surface area (Å²) < 4.78 is 0. The van der Waals surface area contributed by atoms with Crippen LogP contribution in [0.5, 0.6) is 0 Å². The van der Waals surface area contributed by atoms with Crippen molar-refractivity contribution in [2.24, 2.45) is 0 Å². The molecule has 14 rings (SSSR count). The number of hydrogen-bond acceptors (Lipinski definition) is 3. The van der Waals surface area contributed by atoms with Gasteiger partial charge >= 0.3 is 0 Å². The number of anilines is 8. The van der Waals surface area contributed by atoms with Crippen molar-refractivity contribution in [3.63, 3.8) is 0 Å². The summed E-state index contributed by atoms with van der Waals surface area (Å²) in [6, 6.07) is 63.5. The van der Waals surface area contributed by atoms with Gasteiger partial charge in [0.15, 0.2) is 0 Å². The van der Waals surface area contributed by atoms with Crippen molar-refractivity contribution in [2.75, 3.05) is 14.7 Å². The number of fused-ring (bicyclic) bond motifs is 9. The van der Waals surface area contributed by atoms with Crippen LogP contribution in [-0.2, 0) is 33.5 Å². The average Bonchev–Trinajstić information content (AvgIpc) is 1.43. The van der Waals surface area contributed by atoms with Crippen molar-refractivity contribution in [3.8, 4) is 22.3 Å². The quantitative estimate of drug-likeness (QED) is 0.154. The zero-order chi connectivity index (χ0) is 57.3. The van der Waals surface area contributed by atoms with E-state index in [4.69, 9.17) is 0 Å². The van der Waals surface area contributed by atoms with Crippen LogP contribution in [0, 0.1) is 0 Å². The van der Waals surface area contributed by atoms with E-state index in [1.165, 1.54) is 144 Å². The molecule has 0 bridgehead atoms. The maximum atomic E-state index is 2.89. The Morgan fingerprint density at radius 3 is 1.77 bits per heavy atom. The van der Waals surface area contributed by atoms with Crippen molar-refractivity contribution in [2.45, 2.75) is 186 Å². The fraction of sp³-hybridized carbons (Fsp3) is 0.377. The highest BCUT2D eigenvalue weighted by Gasteiger charge is 2.58. The molecule has 0 spiro atoms. The Balaban J connectivity index is 1.15. The van der Waals surface area contributed by atoms with E-state index < -0.39 is 8.07 Å². The van der Waals surface area contributed by atoms with E-state index in [0.717, 1.165) is 25.7 Å². The summed E-state index contributed by atoms with van der Waals surface area (Å²) >= 11 is 0. The molecule has 3 nitrogen and oxygen atoms in total. The van der Waals surface area contributed by atoms with Gasteiger partial charge in [0.05, 0.1) is 19.3 Å². The largest absolute Gasteiger partial charge is 0.334 e. The Labute approximate surface area is 493 Å². The number of benzene rings is 8. The topological polar surface area (TPSA) is 9.72 Å². The van der Waals surface area contributed by atoms with Crippen molar-refractivity contribution >= 4 is 81.9 Å². The lowest BCUT2D eigenvalue weighted by molar-refractivity contribution is 0.195. The number of hydrogen-bond donors (Lipinski definition) is 0. The second kappa shape index (κ2) is 18.2. The first-order chi connectivity index (χ1) is 38.9. The van der Waals surface area contributed by atoms with Gasteiger partial charge in [0.1, 0.15) is 0 Å². The first kappa shape index (κ1) is 53.4. The highest BCUT2D eigenvalue weighted by Crippen LogP contribution is 2.62. The van der Waals surface area contributed by atoms with Gasteiger partial charge in [-0.1, -0.05) is 210 Å². The molecule has 6 aliphatic rings. The van der Waals surface area contributed by atoms with Gasteiger partial charge < -0.3 is 14.7 Å². The Morgan fingerprint density at radius 1 is 0.439 bits per heavy atom. The summed E-state index contributed by atoms with van der Waals surface area (Å²) in [5, 5.41) is 1.56. The van der Waals surface area contributed by atoms with Gasteiger partial charge in [-0.3, -0.25) is 0 Å². The summed E-state index contributed by atoms with van der Waals surface area (Å²) in [5.41, 5.74) is 28.3. The molecule has 0 radical (unpaired) electrons. The lowest BCUT2D eigenvalue weighted by Gasteiger charge is -2.51. The van der Waals surface area contributed by atoms with Crippen LogP contribution in [-0.4, -0.2) is 20.3 Å². The highest BCUT2D eigenvalue weighted by atomic mass is 28.3. The number of rotatable bonds is 6. The first-order valence-corrected chi connectivity index (χ1v) is 34.8. The van der Waals surface area contributed by atoms with E-state index in [0.29, 0.717) is 0 Å². The van der Waals surface area contributed by atoms with Gasteiger partial charge in [0.2, 0.25) is 0 Å². The second-order valence-electron chi connectivity index (χ2n) is 30.4. The van der Waals surface area contributed by atoms with Gasteiger partial charge in [0.25, 0.3) is 6.71 Å². The molecule has 0 saturated heterocycles. The Hall–Kier alpha value is -6.56. The lowest BCUT2D eigenvalue weighted by Crippen LogP contribution is -2.62. The molecule has 0 aromatic heterocycles. The third kappa shape index (κ3) is 8.00. The van der Waals surface area contributed by atoms with Gasteiger partial charge in [-0.15, -0.1) is 0 Å². The van der Waals surface area contributed by atoms with Crippen LogP contribution in [0.1, 0.15) is 161 Å². The molecule has 8 aromatic carbocycles. The number of nitrogens with zero attached hydrogens (tertiary/aromatic N) is 3. The third-order valence-corrected chi connectivity index (χ3v) is 23.9. The van der Waals surface area contributed by atoms with E-state index in [-0.39, 0.29) is 39.3 Å². The summed E-state index contributed by atoms with van der Waals surface area (Å²) in [7, 11) is -1.65. The van der Waals surface area contributed by atoms with Crippen molar-refractivity contribution in [1.29, 1.82) is 0 Å². The summed E-state index contributed by atoms with van der Waals surface area (Å²) in [4.78, 5) is 8.41. The van der Waals surface area contributed by atoms with Gasteiger partial charge in [-0.05, 0) is 195 Å². The monoisotopic (exact) mass is 1090 g/mol. The second-order valence-corrected chi connectivity index (χ2v) is 35.5. The van der Waals surface area contributed by atoms with Crippen LogP contribution in [0.4, 0.5) is 45.5 Å². The van der Waals surface area contributed by atoms with Crippen LogP contribution in [0.2, 0.25) is 19.6 Å². The molecule has 1 fully saturated rings. The fourth-order valence-electron chi connectivity index (χ4n) is 16.6. The Bertz CT molecular complexity index is 3910. The smallest absolute Gasteiger partial charge is 0.252 e. The average molecular weight is 1090 g/mol. The lowest BCUT2D eigenvalue weighted by atomic mass is 9.33. The fourth-order valence-corrected chi connectivity index (χ4v) is 17.8. The van der Waals surface area contributed by atoms with Crippen molar-refractivity contribution < 1.29 is 0 Å². The van der Waals surface area contributed by atoms with Crippen LogP contribution in [0.15, 0.2) is 158 Å². The molecule has 3 heterocycles. The molecule has 0 N–H and O–H groups in total. The van der Waals surface area contributed by atoms with E-state index >= 15 is 0 Å². The van der Waals surface area contributed by atoms with Gasteiger partial charge in [-0.25, -0.2) is 0 Å². The minimum absolute atomic E-state index is 0.0195. The maximum absolute atomic E-state index is 2.89. The standard InChI is InChI=1S/C77H86BN3Si/c1-72(2,3)54-30-35-65(58(44-54)51-26-19-16-20-27-51)80-67-43-52(50-24-17-15-18-25-50)29-34-63(67)78-64-48-60-61(75(8,9)41-40-74(60,6)7)49-68(64)79(55-31-33-59-53(42-55)28-23-37-73(59,4)5)69-45-56(46-70(80)71(69)78)81-66-36-32-57(82(12,13)14)47-62(66)76(10)38-21-22-39-77(76,81)11/h15-20,24-27,29-36,42-49H,21-23,28,37-41H2,1-14H3. The highest BCUT2D eigenvalue weighted by molar-refractivity contribution is 7.00. The van der Waals surface area contributed by atoms with Crippen LogP contribution in [0.25, 0.3) is 22.3 Å². The van der Waals surface area contributed by atoms with E-state index in [1.54, 1.807) is 10.8 Å². The molecule has 2 unspecified atom stereocenters. The van der Waals surface area contributed by atoms with Crippen LogP contribution >= 0.6 is 0 Å². The summed E-state index contributed by atoms with van der Waals surface area (Å²) in [5.74, 6) is 0. The molecule has 1 saturated carbocycles.